The Morgan fingerprint density at radius 2 is 1.35 bits per heavy atom. The minimum atomic E-state index is 0.661. The van der Waals surface area contributed by atoms with E-state index in [2.05, 4.69) is 76.5 Å². The van der Waals surface area contributed by atoms with Crippen LogP contribution in [0.3, 0.4) is 0 Å². The van der Waals surface area contributed by atoms with Crippen molar-refractivity contribution in [3.05, 3.63) is 78.5 Å². The summed E-state index contributed by atoms with van der Waals surface area (Å²) in [7, 11) is 0. The van der Waals surface area contributed by atoms with Gasteiger partial charge in [0.25, 0.3) is 0 Å². The molecular formula is C23H23N3. The van der Waals surface area contributed by atoms with Gasteiger partial charge in [0.2, 0.25) is 0 Å². The average molecular weight is 341 g/mol. The highest BCUT2D eigenvalue weighted by molar-refractivity contribution is 5.86. The van der Waals surface area contributed by atoms with E-state index in [1.54, 1.807) is 0 Å². The van der Waals surface area contributed by atoms with E-state index in [0.717, 1.165) is 12.5 Å². The zero-order valence-corrected chi connectivity index (χ0v) is 14.9. The number of nitrogens with zero attached hydrogens (tertiary/aromatic N) is 3. The van der Waals surface area contributed by atoms with Crippen LogP contribution in [-0.2, 0) is 0 Å². The topological polar surface area (TPSA) is 19.4 Å². The number of anilines is 4. The third-order valence-corrected chi connectivity index (χ3v) is 5.68. The zero-order chi connectivity index (χ0) is 17.3. The van der Waals surface area contributed by atoms with Crippen molar-refractivity contribution >= 4 is 22.9 Å². The Labute approximate surface area is 154 Å². The van der Waals surface area contributed by atoms with Crippen molar-refractivity contribution in [2.24, 2.45) is 0 Å². The lowest BCUT2D eigenvalue weighted by atomic mass is 9.96. The molecule has 3 heteroatoms. The fourth-order valence-electron chi connectivity index (χ4n) is 4.41. The van der Waals surface area contributed by atoms with E-state index < -0.39 is 0 Å². The predicted octanol–water partition coefficient (Wildman–Crippen LogP) is 5.99. The second kappa shape index (κ2) is 6.49. The summed E-state index contributed by atoms with van der Waals surface area (Å²) < 4.78 is 0. The smallest absolute Gasteiger partial charge is 0.158 e. The van der Waals surface area contributed by atoms with Gasteiger partial charge in [0.05, 0.1) is 5.69 Å². The van der Waals surface area contributed by atoms with Gasteiger partial charge in [-0.2, -0.15) is 0 Å². The molecular weight excluding hydrogens is 318 g/mol. The lowest BCUT2D eigenvalue weighted by molar-refractivity contribution is 0.722. The van der Waals surface area contributed by atoms with E-state index in [1.165, 1.54) is 48.3 Å². The molecule has 1 fully saturated rings. The molecule has 3 aromatic rings. The molecule has 0 atom stereocenters. The lowest BCUT2D eigenvalue weighted by Crippen LogP contribution is -2.24. The highest BCUT2D eigenvalue weighted by Crippen LogP contribution is 2.49. The van der Waals surface area contributed by atoms with E-state index in [4.69, 9.17) is 4.98 Å². The summed E-state index contributed by atoms with van der Waals surface area (Å²) >= 11 is 0. The van der Waals surface area contributed by atoms with Crippen LogP contribution in [-0.4, -0.2) is 11.7 Å². The van der Waals surface area contributed by atoms with E-state index in [-0.39, 0.29) is 0 Å². The molecule has 1 aromatic heterocycles. The number of benzene rings is 2. The molecule has 3 nitrogen and oxygen atoms in total. The molecule has 0 radical (unpaired) electrons. The molecule has 0 bridgehead atoms. The first-order valence-electron chi connectivity index (χ1n) is 9.56. The number of aromatic nitrogens is 1. The van der Waals surface area contributed by atoms with Crippen molar-refractivity contribution in [1.29, 1.82) is 0 Å². The summed E-state index contributed by atoms with van der Waals surface area (Å²) in [6, 6.07) is 23.6. The normalized spacial score (nSPS) is 16.9. The summed E-state index contributed by atoms with van der Waals surface area (Å²) in [5.74, 6) is 1.75. The van der Waals surface area contributed by atoms with Crippen molar-refractivity contribution in [2.45, 2.75) is 31.6 Å². The first kappa shape index (κ1) is 15.4. The van der Waals surface area contributed by atoms with Gasteiger partial charge < -0.3 is 9.80 Å². The maximum absolute atomic E-state index is 4.81. The highest BCUT2D eigenvalue weighted by atomic mass is 15.4. The Bertz CT molecular complexity index is 886. The first-order chi connectivity index (χ1) is 12.9. The van der Waals surface area contributed by atoms with Crippen LogP contribution in [0.4, 0.5) is 22.9 Å². The SMILES string of the molecule is c1ccc(N2CN(c3ccccc3)c3c(C4CCCC4)ccnc32)cc1. The Kier molecular flexibility index (Phi) is 3.85. The number of hydrogen-bond donors (Lipinski definition) is 0. The molecule has 1 saturated carbocycles. The highest BCUT2D eigenvalue weighted by Gasteiger charge is 2.34. The fourth-order valence-corrected chi connectivity index (χ4v) is 4.41. The number of para-hydroxylation sites is 2. The standard InChI is InChI=1S/C23H23N3/c1-3-11-19(12-4-1)25-17-26(20-13-5-2-6-14-20)23-22(25)21(15-16-24-23)18-9-7-8-10-18/h1-6,11-16,18H,7-10,17H2. The Morgan fingerprint density at radius 1 is 0.731 bits per heavy atom. The Morgan fingerprint density at radius 3 is 2.00 bits per heavy atom. The largest absolute Gasteiger partial charge is 0.319 e. The van der Waals surface area contributed by atoms with E-state index in [1.807, 2.05) is 6.20 Å². The summed E-state index contributed by atoms with van der Waals surface area (Å²) in [5.41, 5.74) is 5.20. The number of hydrogen-bond acceptors (Lipinski definition) is 3. The summed E-state index contributed by atoms with van der Waals surface area (Å²) in [5, 5.41) is 0. The number of pyridine rings is 1. The second-order valence-electron chi connectivity index (χ2n) is 7.22. The molecule has 0 saturated heterocycles. The maximum atomic E-state index is 4.81. The van der Waals surface area contributed by atoms with Crippen LogP contribution in [0.2, 0.25) is 0 Å². The van der Waals surface area contributed by atoms with Crippen LogP contribution in [0.1, 0.15) is 37.2 Å². The molecule has 0 spiro atoms. The fraction of sp³-hybridized carbons (Fsp3) is 0.261. The first-order valence-corrected chi connectivity index (χ1v) is 9.56. The van der Waals surface area contributed by atoms with Gasteiger partial charge in [-0.25, -0.2) is 4.98 Å². The molecule has 2 aromatic carbocycles. The molecule has 26 heavy (non-hydrogen) atoms. The van der Waals surface area contributed by atoms with E-state index >= 15 is 0 Å². The molecule has 2 aliphatic rings. The molecule has 0 amide bonds. The second-order valence-corrected chi connectivity index (χ2v) is 7.22. The van der Waals surface area contributed by atoms with Gasteiger partial charge in [0.15, 0.2) is 5.82 Å². The predicted molar refractivity (Wildman–Crippen MR) is 107 cm³/mol. The van der Waals surface area contributed by atoms with Gasteiger partial charge in [-0.15, -0.1) is 0 Å². The van der Waals surface area contributed by atoms with Crippen molar-refractivity contribution in [1.82, 2.24) is 4.98 Å². The van der Waals surface area contributed by atoms with Crippen LogP contribution < -0.4 is 9.80 Å². The zero-order valence-electron chi connectivity index (χ0n) is 14.9. The molecule has 1 aliphatic heterocycles. The molecule has 0 unspecified atom stereocenters. The van der Waals surface area contributed by atoms with Gasteiger partial charge >= 0.3 is 0 Å². The van der Waals surface area contributed by atoms with Crippen molar-refractivity contribution in [3.8, 4) is 0 Å². The lowest BCUT2D eigenvalue weighted by Gasteiger charge is -2.23. The van der Waals surface area contributed by atoms with Crippen molar-refractivity contribution < 1.29 is 0 Å². The monoisotopic (exact) mass is 341 g/mol. The van der Waals surface area contributed by atoms with Gasteiger partial charge in [-0.05, 0) is 54.7 Å². The molecule has 1 aliphatic carbocycles. The van der Waals surface area contributed by atoms with E-state index in [9.17, 15) is 0 Å². The van der Waals surface area contributed by atoms with Crippen LogP contribution in [0.25, 0.3) is 0 Å². The van der Waals surface area contributed by atoms with E-state index in [0.29, 0.717) is 5.92 Å². The summed E-state index contributed by atoms with van der Waals surface area (Å²) in [6.07, 6.45) is 7.27. The van der Waals surface area contributed by atoms with Gasteiger partial charge in [-0.3, -0.25) is 0 Å². The molecule has 2 heterocycles. The van der Waals surface area contributed by atoms with Crippen LogP contribution >= 0.6 is 0 Å². The summed E-state index contributed by atoms with van der Waals surface area (Å²) in [4.78, 5) is 9.58. The van der Waals surface area contributed by atoms with Gasteiger partial charge in [0.1, 0.15) is 6.67 Å². The van der Waals surface area contributed by atoms with Crippen LogP contribution in [0.15, 0.2) is 72.9 Å². The maximum Gasteiger partial charge on any atom is 0.158 e. The molecule has 130 valence electrons. The third-order valence-electron chi connectivity index (χ3n) is 5.68. The molecule has 0 N–H and O–H groups in total. The Hall–Kier alpha value is -2.81. The minimum absolute atomic E-state index is 0.661. The van der Waals surface area contributed by atoms with Gasteiger partial charge in [0, 0.05) is 17.6 Å². The van der Waals surface area contributed by atoms with Crippen LogP contribution in [0, 0.1) is 0 Å². The van der Waals surface area contributed by atoms with Crippen LogP contribution in [0.5, 0.6) is 0 Å². The average Bonchev–Trinajstić information content (AvgIpc) is 3.37. The van der Waals surface area contributed by atoms with Gasteiger partial charge in [-0.1, -0.05) is 49.2 Å². The number of rotatable bonds is 3. The van der Waals surface area contributed by atoms with Crippen molar-refractivity contribution in [2.75, 3.05) is 16.5 Å². The minimum Gasteiger partial charge on any atom is -0.319 e. The van der Waals surface area contributed by atoms with Crippen molar-refractivity contribution in [3.63, 3.8) is 0 Å². The molecule has 5 rings (SSSR count). The third kappa shape index (κ3) is 2.55. The number of fused-ring (bicyclic) bond motifs is 1. The quantitative estimate of drug-likeness (QED) is 0.583. The summed E-state index contributed by atoms with van der Waals surface area (Å²) in [6.45, 7) is 0.806. The Balaban J connectivity index is 1.66.